The normalized spacial score (nSPS) is 21.0. The molecule has 2 aliphatic rings. The summed E-state index contributed by atoms with van der Waals surface area (Å²) in [7, 11) is -3.24. The Morgan fingerprint density at radius 1 is 1.14 bits per heavy atom. The molecule has 0 radical (unpaired) electrons. The summed E-state index contributed by atoms with van der Waals surface area (Å²) >= 11 is 0. The second-order valence-electron chi connectivity index (χ2n) is 7.72. The summed E-state index contributed by atoms with van der Waals surface area (Å²) in [5.74, 6) is 1.30. The van der Waals surface area contributed by atoms with Gasteiger partial charge < -0.3 is 4.42 Å². The summed E-state index contributed by atoms with van der Waals surface area (Å²) in [4.78, 5) is 4.65. The summed E-state index contributed by atoms with van der Waals surface area (Å²) in [5.41, 5.74) is 5.50. The van der Waals surface area contributed by atoms with Gasteiger partial charge in [0, 0.05) is 12.1 Å². The molecule has 1 saturated heterocycles. The fourth-order valence-electron chi connectivity index (χ4n) is 4.03. The Morgan fingerprint density at radius 3 is 2.89 bits per heavy atom. The molecule has 144 valence electrons. The Labute approximate surface area is 164 Å². The molecule has 3 aromatic rings. The van der Waals surface area contributed by atoms with Gasteiger partial charge in [0.2, 0.25) is 15.9 Å². The number of fused-ring (bicyclic) bond motifs is 2. The van der Waals surface area contributed by atoms with Crippen LogP contribution in [0.5, 0.6) is 0 Å². The molecule has 0 saturated carbocycles. The second-order valence-corrected chi connectivity index (χ2v) is 9.73. The van der Waals surface area contributed by atoms with E-state index in [9.17, 15) is 8.42 Å². The number of allylic oxidation sites excluding steroid dienone is 1. The maximum absolute atomic E-state index is 12.4. The number of hydrogen-bond acceptors (Lipinski definition) is 4. The Bertz CT molecular complexity index is 1190. The number of hydrogen-bond donors (Lipinski definition) is 0. The van der Waals surface area contributed by atoms with E-state index in [0.29, 0.717) is 35.1 Å². The van der Waals surface area contributed by atoms with E-state index >= 15 is 0 Å². The predicted molar refractivity (Wildman–Crippen MR) is 112 cm³/mol. The van der Waals surface area contributed by atoms with Gasteiger partial charge in [0.1, 0.15) is 5.52 Å². The average Bonchev–Trinajstić information content (AvgIpc) is 3.10. The molecule has 0 N–H and O–H groups in total. The highest BCUT2D eigenvalue weighted by molar-refractivity contribution is 7.92. The number of benzene rings is 2. The van der Waals surface area contributed by atoms with Crippen LogP contribution in [-0.4, -0.2) is 25.7 Å². The van der Waals surface area contributed by atoms with Gasteiger partial charge >= 0.3 is 0 Å². The number of anilines is 1. The predicted octanol–water partition coefficient (Wildman–Crippen LogP) is 4.63. The molecule has 1 aromatic heterocycles. The molecule has 28 heavy (non-hydrogen) atoms. The second kappa shape index (κ2) is 6.48. The summed E-state index contributed by atoms with van der Waals surface area (Å²) in [6, 6.07) is 11.7. The van der Waals surface area contributed by atoms with Crippen molar-refractivity contribution in [1.29, 1.82) is 0 Å². The maximum Gasteiger partial charge on any atom is 0.235 e. The molecular formula is C22H22N2O3S. The largest absolute Gasteiger partial charge is 0.436 e. The number of aromatic nitrogens is 1. The van der Waals surface area contributed by atoms with Gasteiger partial charge in [0.25, 0.3) is 0 Å². The zero-order chi connectivity index (χ0) is 19.3. The fourth-order valence-corrected chi connectivity index (χ4v) is 5.67. The molecule has 0 spiro atoms. The molecule has 0 bridgehead atoms. The smallest absolute Gasteiger partial charge is 0.235 e. The van der Waals surface area contributed by atoms with Crippen LogP contribution in [0.2, 0.25) is 0 Å². The lowest BCUT2D eigenvalue weighted by Gasteiger charge is -2.28. The summed E-state index contributed by atoms with van der Waals surface area (Å²) in [6.07, 6.45) is 7.02. The van der Waals surface area contributed by atoms with E-state index < -0.39 is 10.0 Å². The molecule has 1 fully saturated rings. The Morgan fingerprint density at radius 2 is 2.04 bits per heavy atom. The van der Waals surface area contributed by atoms with E-state index in [1.807, 2.05) is 18.2 Å². The van der Waals surface area contributed by atoms with Crippen LogP contribution in [0.25, 0.3) is 28.6 Å². The number of oxazole rings is 1. The van der Waals surface area contributed by atoms with E-state index in [2.05, 4.69) is 36.2 Å². The first-order valence-corrected chi connectivity index (χ1v) is 11.3. The summed E-state index contributed by atoms with van der Waals surface area (Å²) in [6.45, 7) is 2.73. The van der Waals surface area contributed by atoms with Crippen LogP contribution < -0.4 is 4.31 Å². The molecule has 6 heteroatoms. The van der Waals surface area contributed by atoms with Crippen molar-refractivity contribution in [3.63, 3.8) is 0 Å². The molecule has 1 unspecified atom stereocenters. The third-order valence-electron chi connectivity index (χ3n) is 5.54. The van der Waals surface area contributed by atoms with Crippen molar-refractivity contribution >= 4 is 32.9 Å². The van der Waals surface area contributed by atoms with E-state index in [4.69, 9.17) is 4.42 Å². The Kier molecular flexibility index (Phi) is 4.05. The minimum Gasteiger partial charge on any atom is -0.436 e. The van der Waals surface area contributed by atoms with Crippen molar-refractivity contribution < 1.29 is 12.8 Å². The van der Waals surface area contributed by atoms with Crippen molar-refractivity contribution in [2.75, 3.05) is 16.6 Å². The molecule has 2 aromatic carbocycles. The van der Waals surface area contributed by atoms with Gasteiger partial charge in [-0.15, -0.1) is 0 Å². The Hall–Kier alpha value is -2.60. The van der Waals surface area contributed by atoms with Crippen LogP contribution in [0, 0.1) is 5.92 Å². The summed E-state index contributed by atoms with van der Waals surface area (Å²) in [5, 5.41) is 0. The van der Waals surface area contributed by atoms with Gasteiger partial charge in [-0.3, -0.25) is 4.31 Å². The number of sulfonamides is 1. The monoisotopic (exact) mass is 394 g/mol. The Balaban J connectivity index is 1.52. The van der Waals surface area contributed by atoms with Crippen LogP contribution >= 0.6 is 0 Å². The first kappa shape index (κ1) is 17.5. The van der Waals surface area contributed by atoms with Crippen LogP contribution in [-0.2, 0) is 16.4 Å². The minimum atomic E-state index is -3.24. The highest BCUT2D eigenvalue weighted by atomic mass is 32.2. The quantitative estimate of drug-likeness (QED) is 0.636. The zero-order valence-corrected chi connectivity index (χ0v) is 16.6. The molecule has 5 nitrogen and oxygen atoms in total. The highest BCUT2D eigenvalue weighted by Gasteiger charge is 2.26. The van der Waals surface area contributed by atoms with Crippen molar-refractivity contribution in [3.05, 3.63) is 53.6 Å². The molecule has 1 aliphatic heterocycles. The van der Waals surface area contributed by atoms with Gasteiger partial charge in [-0.2, -0.15) is 0 Å². The van der Waals surface area contributed by atoms with Gasteiger partial charge in [-0.1, -0.05) is 25.1 Å². The third kappa shape index (κ3) is 3.02. The van der Waals surface area contributed by atoms with Crippen LogP contribution in [0.1, 0.15) is 30.9 Å². The molecule has 5 rings (SSSR count). The molecule has 2 heterocycles. The molecule has 1 aliphatic carbocycles. The van der Waals surface area contributed by atoms with Crippen LogP contribution in [0.4, 0.5) is 5.69 Å². The zero-order valence-electron chi connectivity index (χ0n) is 15.8. The third-order valence-corrected chi connectivity index (χ3v) is 7.41. The van der Waals surface area contributed by atoms with E-state index in [0.717, 1.165) is 24.8 Å². The van der Waals surface area contributed by atoms with Gasteiger partial charge in [0.05, 0.1) is 11.4 Å². The van der Waals surface area contributed by atoms with Crippen LogP contribution in [0.3, 0.4) is 0 Å². The van der Waals surface area contributed by atoms with Gasteiger partial charge in [-0.25, -0.2) is 13.4 Å². The lowest BCUT2D eigenvalue weighted by atomic mass is 9.89. The van der Waals surface area contributed by atoms with E-state index in [1.165, 1.54) is 15.4 Å². The number of nitrogens with zero attached hydrogens (tertiary/aromatic N) is 2. The highest BCUT2D eigenvalue weighted by Crippen LogP contribution is 2.32. The molecular weight excluding hydrogens is 372 g/mol. The average molecular weight is 394 g/mol. The SMILES string of the molecule is CC1C=Cc2ccc(-c3nc4cc(N5CCCCS5(=O)=O)ccc4o3)cc2C1. The van der Waals surface area contributed by atoms with Gasteiger partial charge in [0.15, 0.2) is 5.58 Å². The van der Waals surface area contributed by atoms with Crippen molar-refractivity contribution in [2.45, 2.75) is 26.2 Å². The van der Waals surface area contributed by atoms with E-state index in [-0.39, 0.29) is 5.75 Å². The standard InChI is InChI=1S/C22H22N2O3S/c1-15-4-5-16-6-7-17(13-18(16)12-15)22-23-20-14-19(8-9-21(20)27-22)24-10-2-3-11-28(24,25)26/h4-9,13-15H,2-3,10-12H2,1H3. The molecule has 1 atom stereocenters. The first-order chi connectivity index (χ1) is 13.5. The van der Waals surface area contributed by atoms with E-state index in [1.54, 1.807) is 6.07 Å². The topological polar surface area (TPSA) is 63.4 Å². The first-order valence-electron chi connectivity index (χ1n) is 9.72. The van der Waals surface area contributed by atoms with Crippen molar-refractivity contribution in [2.24, 2.45) is 5.92 Å². The fraction of sp³-hybridized carbons (Fsp3) is 0.318. The number of rotatable bonds is 2. The summed E-state index contributed by atoms with van der Waals surface area (Å²) < 4.78 is 32.2. The van der Waals surface area contributed by atoms with Crippen molar-refractivity contribution in [3.8, 4) is 11.5 Å². The van der Waals surface area contributed by atoms with Crippen LogP contribution in [0.15, 0.2) is 46.9 Å². The maximum atomic E-state index is 12.4. The molecule has 0 amide bonds. The van der Waals surface area contributed by atoms with Gasteiger partial charge in [-0.05, 0) is 66.6 Å². The lowest BCUT2D eigenvalue weighted by Crippen LogP contribution is -2.37. The lowest BCUT2D eigenvalue weighted by molar-refractivity contribution is 0.574. The minimum absolute atomic E-state index is 0.205. The van der Waals surface area contributed by atoms with Crippen molar-refractivity contribution in [1.82, 2.24) is 4.98 Å².